The van der Waals surface area contributed by atoms with Crippen LogP contribution in [0.5, 0.6) is 11.5 Å². The number of imide groups is 1. The fraction of sp³-hybridized carbons (Fsp3) is 0.526. The highest BCUT2D eigenvalue weighted by Crippen LogP contribution is 2.35. The third-order valence-electron chi connectivity index (χ3n) is 5.54. The highest BCUT2D eigenvalue weighted by Gasteiger charge is 2.52. The maximum absolute atomic E-state index is 12.8. The highest BCUT2D eigenvalue weighted by molar-refractivity contribution is 6.09. The number of nitrogens with zero attached hydrogens (tertiary/aromatic N) is 2. The summed E-state index contributed by atoms with van der Waals surface area (Å²) in [5.41, 5.74) is 0.116. The number of hydrogen-bond donors (Lipinski definition) is 1. The first-order valence-electron chi connectivity index (χ1n) is 9.33. The normalized spacial score (nSPS) is 19.7. The maximum atomic E-state index is 12.8. The van der Waals surface area contributed by atoms with Crippen LogP contribution in [-0.4, -0.2) is 53.1 Å². The van der Waals surface area contributed by atoms with Crippen molar-refractivity contribution in [1.82, 2.24) is 15.1 Å². The van der Waals surface area contributed by atoms with Gasteiger partial charge in [-0.3, -0.25) is 14.5 Å². The van der Waals surface area contributed by atoms with Crippen molar-refractivity contribution < 1.29 is 23.9 Å². The van der Waals surface area contributed by atoms with Gasteiger partial charge in [0, 0.05) is 13.1 Å². The lowest BCUT2D eigenvalue weighted by molar-refractivity contribution is -0.139. The van der Waals surface area contributed by atoms with Crippen molar-refractivity contribution in [2.75, 3.05) is 19.9 Å². The first-order chi connectivity index (χ1) is 13.0. The van der Waals surface area contributed by atoms with Gasteiger partial charge in [0.05, 0.1) is 0 Å². The van der Waals surface area contributed by atoms with E-state index in [0.29, 0.717) is 37.4 Å². The Labute approximate surface area is 157 Å². The van der Waals surface area contributed by atoms with Crippen molar-refractivity contribution in [3.8, 4) is 11.5 Å². The predicted molar refractivity (Wildman–Crippen MR) is 95.1 cm³/mol. The van der Waals surface area contributed by atoms with Crippen molar-refractivity contribution in [1.29, 1.82) is 0 Å². The van der Waals surface area contributed by atoms with Crippen LogP contribution in [0.15, 0.2) is 18.2 Å². The van der Waals surface area contributed by atoms with Gasteiger partial charge in [-0.25, -0.2) is 4.79 Å². The Kier molecular flexibility index (Phi) is 4.41. The van der Waals surface area contributed by atoms with Gasteiger partial charge in [0.1, 0.15) is 12.1 Å². The number of hydrogen-bond acceptors (Lipinski definition) is 5. The average Bonchev–Trinajstić information content (AvgIpc) is 3.36. The Hall–Kier alpha value is -2.77. The third-order valence-corrected chi connectivity index (χ3v) is 5.54. The molecule has 4 rings (SSSR count). The number of likely N-dealkylation sites (N-methyl/N-ethyl adjacent to an activating group) is 1. The molecule has 2 fully saturated rings. The van der Waals surface area contributed by atoms with E-state index in [2.05, 4.69) is 5.32 Å². The van der Waals surface area contributed by atoms with E-state index in [1.54, 1.807) is 4.90 Å². The minimum atomic E-state index is -0.786. The van der Waals surface area contributed by atoms with Crippen molar-refractivity contribution >= 4 is 17.8 Å². The smallest absolute Gasteiger partial charge is 0.325 e. The lowest BCUT2D eigenvalue weighted by Crippen LogP contribution is -2.46. The molecule has 3 aliphatic rings. The molecule has 1 aromatic rings. The second kappa shape index (κ2) is 6.75. The summed E-state index contributed by atoms with van der Waals surface area (Å²) in [5, 5.41) is 2.81. The minimum Gasteiger partial charge on any atom is -0.454 e. The molecule has 144 valence electrons. The maximum Gasteiger partial charge on any atom is 0.325 e. The summed E-state index contributed by atoms with van der Waals surface area (Å²) in [4.78, 5) is 40.4. The molecule has 1 aromatic carbocycles. The Morgan fingerprint density at radius 1 is 1.22 bits per heavy atom. The summed E-state index contributed by atoms with van der Waals surface area (Å²) in [6.45, 7) is 2.69. The summed E-state index contributed by atoms with van der Waals surface area (Å²) in [6, 6.07) is 5.08. The Morgan fingerprint density at radius 3 is 2.70 bits per heavy atom. The second-order valence-corrected chi connectivity index (χ2v) is 7.21. The van der Waals surface area contributed by atoms with Crippen molar-refractivity contribution in [2.24, 2.45) is 0 Å². The number of urea groups is 1. The number of benzene rings is 1. The van der Waals surface area contributed by atoms with Gasteiger partial charge in [-0.1, -0.05) is 18.9 Å². The number of rotatable bonds is 5. The van der Waals surface area contributed by atoms with Crippen LogP contribution in [0.2, 0.25) is 0 Å². The SMILES string of the molecule is CCN(Cc1ccc2c(c1)OCO2)C(=O)CN1C(=O)NC2(CCCC2)C1=O. The Balaban J connectivity index is 1.43. The van der Waals surface area contributed by atoms with Crippen LogP contribution in [0.25, 0.3) is 0 Å². The van der Waals surface area contributed by atoms with Gasteiger partial charge in [0.2, 0.25) is 12.7 Å². The van der Waals surface area contributed by atoms with Crippen LogP contribution in [0.3, 0.4) is 0 Å². The number of fused-ring (bicyclic) bond motifs is 1. The lowest BCUT2D eigenvalue weighted by Gasteiger charge is -2.24. The van der Waals surface area contributed by atoms with Crippen LogP contribution in [-0.2, 0) is 16.1 Å². The molecule has 1 saturated heterocycles. The monoisotopic (exact) mass is 373 g/mol. The van der Waals surface area contributed by atoms with Crippen LogP contribution < -0.4 is 14.8 Å². The van der Waals surface area contributed by atoms with E-state index in [4.69, 9.17) is 9.47 Å². The molecule has 1 N–H and O–H groups in total. The molecule has 0 aromatic heterocycles. The topological polar surface area (TPSA) is 88.2 Å². The van der Waals surface area contributed by atoms with Crippen molar-refractivity contribution in [3.05, 3.63) is 23.8 Å². The summed E-state index contributed by atoms with van der Waals surface area (Å²) in [5.74, 6) is 0.828. The Bertz CT molecular complexity index is 788. The molecular weight excluding hydrogens is 350 g/mol. The molecule has 2 aliphatic heterocycles. The summed E-state index contributed by atoms with van der Waals surface area (Å²) >= 11 is 0. The first kappa shape index (κ1) is 17.6. The van der Waals surface area contributed by atoms with Crippen LogP contribution in [0, 0.1) is 0 Å². The van der Waals surface area contributed by atoms with Gasteiger partial charge < -0.3 is 19.7 Å². The third kappa shape index (κ3) is 3.09. The Morgan fingerprint density at radius 2 is 1.96 bits per heavy atom. The van der Waals surface area contributed by atoms with Gasteiger partial charge in [0.25, 0.3) is 5.91 Å². The lowest BCUT2D eigenvalue weighted by atomic mass is 9.98. The zero-order valence-corrected chi connectivity index (χ0v) is 15.3. The predicted octanol–water partition coefficient (Wildman–Crippen LogP) is 1.63. The standard InChI is InChI=1S/C19H23N3O5/c1-2-21(10-13-5-6-14-15(9-13)27-12-26-14)16(23)11-22-17(24)19(20-18(22)25)7-3-4-8-19/h5-6,9H,2-4,7-8,10-12H2,1H3,(H,20,25). The molecule has 0 atom stereocenters. The molecule has 0 bridgehead atoms. The zero-order valence-electron chi connectivity index (χ0n) is 15.3. The molecule has 1 aliphatic carbocycles. The average molecular weight is 373 g/mol. The fourth-order valence-electron chi connectivity index (χ4n) is 4.01. The number of carbonyl (C=O) groups excluding carboxylic acids is 3. The summed E-state index contributed by atoms with van der Waals surface area (Å²) in [7, 11) is 0. The van der Waals surface area contributed by atoms with Gasteiger partial charge in [-0.15, -0.1) is 0 Å². The van der Waals surface area contributed by atoms with Gasteiger partial charge in [0.15, 0.2) is 11.5 Å². The number of amides is 4. The van der Waals surface area contributed by atoms with E-state index in [1.165, 1.54) is 0 Å². The molecule has 0 radical (unpaired) electrons. The van der Waals surface area contributed by atoms with Gasteiger partial charge in [-0.05, 0) is 37.5 Å². The molecular formula is C19H23N3O5. The molecule has 0 unspecified atom stereocenters. The number of carbonyl (C=O) groups is 3. The van der Waals surface area contributed by atoms with Crippen LogP contribution in [0.1, 0.15) is 38.2 Å². The number of ether oxygens (including phenoxy) is 2. The second-order valence-electron chi connectivity index (χ2n) is 7.21. The zero-order chi connectivity index (χ0) is 19.0. The van der Waals surface area contributed by atoms with Crippen LogP contribution >= 0.6 is 0 Å². The van der Waals surface area contributed by atoms with E-state index in [9.17, 15) is 14.4 Å². The van der Waals surface area contributed by atoms with E-state index >= 15 is 0 Å². The van der Waals surface area contributed by atoms with E-state index in [0.717, 1.165) is 23.3 Å². The van der Waals surface area contributed by atoms with Crippen molar-refractivity contribution in [3.63, 3.8) is 0 Å². The fourth-order valence-corrected chi connectivity index (χ4v) is 4.01. The molecule has 1 saturated carbocycles. The van der Waals surface area contributed by atoms with Crippen molar-refractivity contribution in [2.45, 2.75) is 44.7 Å². The van der Waals surface area contributed by atoms with Crippen LogP contribution in [0.4, 0.5) is 4.79 Å². The van der Waals surface area contributed by atoms with E-state index in [-0.39, 0.29) is 25.2 Å². The summed E-state index contributed by atoms with van der Waals surface area (Å²) < 4.78 is 10.7. The largest absolute Gasteiger partial charge is 0.454 e. The minimum absolute atomic E-state index is 0.198. The van der Waals surface area contributed by atoms with Gasteiger partial charge in [-0.2, -0.15) is 0 Å². The number of nitrogens with one attached hydrogen (secondary N) is 1. The molecule has 1 spiro atoms. The quantitative estimate of drug-likeness (QED) is 0.793. The van der Waals surface area contributed by atoms with Gasteiger partial charge >= 0.3 is 6.03 Å². The summed E-state index contributed by atoms with van der Waals surface area (Å²) in [6.07, 6.45) is 3.13. The molecule has 2 heterocycles. The highest BCUT2D eigenvalue weighted by atomic mass is 16.7. The molecule has 8 heteroatoms. The molecule has 8 nitrogen and oxygen atoms in total. The molecule has 27 heavy (non-hydrogen) atoms. The van der Waals surface area contributed by atoms with E-state index < -0.39 is 11.6 Å². The first-order valence-corrected chi connectivity index (χ1v) is 9.33. The molecule has 4 amide bonds. The van der Waals surface area contributed by atoms with E-state index in [1.807, 2.05) is 25.1 Å².